The Labute approximate surface area is 90.7 Å². The van der Waals surface area contributed by atoms with E-state index >= 15 is 0 Å². The maximum Gasteiger partial charge on any atom is 0.177 e. The van der Waals surface area contributed by atoms with Crippen molar-refractivity contribution in [3.63, 3.8) is 0 Å². The lowest BCUT2D eigenvalue weighted by Gasteiger charge is -2.06. The third-order valence-electron chi connectivity index (χ3n) is 1.76. The second kappa shape index (κ2) is 4.35. The van der Waals surface area contributed by atoms with Gasteiger partial charge in [0.15, 0.2) is 5.78 Å². The van der Waals surface area contributed by atoms with E-state index < -0.39 is 0 Å². The van der Waals surface area contributed by atoms with Crippen molar-refractivity contribution in [1.29, 1.82) is 0 Å². The van der Waals surface area contributed by atoms with E-state index in [1.165, 1.54) is 6.26 Å². The van der Waals surface area contributed by atoms with E-state index in [1.54, 1.807) is 6.07 Å². The molecule has 1 heterocycles. The molecule has 0 atom stereocenters. The SMILES string of the molecule is Cc1cc(C(=O)CC#CC(C)(C)C)co1. The molecule has 0 saturated heterocycles. The van der Waals surface area contributed by atoms with Crippen molar-refractivity contribution in [2.24, 2.45) is 5.41 Å². The maximum atomic E-state index is 11.6. The van der Waals surface area contributed by atoms with Crippen molar-refractivity contribution in [2.45, 2.75) is 34.1 Å². The minimum Gasteiger partial charge on any atom is -0.469 e. The van der Waals surface area contributed by atoms with Crippen LogP contribution in [0.1, 0.15) is 43.3 Å². The molecule has 1 rings (SSSR count). The number of hydrogen-bond acceptors (Lipinski definition) is 2. The lowest BCUT2D eigenvalue weighted by Crippen LogP contribution is -2.00. The third kappa shape index (κ3) is 4.03. The van der Waals surface area contributed by atoms with Crippen LogP contribution in [0.25, 0.3) is 0 Å². The van der Waals surface area contributed by atoms with E-state index in [9.17, 15) is 4.79 Å². The number of rotatable bonds is 2. The minimum absolute atomic E-state index is 0.0172. The van der Waals surface area contributed by atoms with Crippen LogP contribution in [-0.2, 0) is 0 Å². The fourth-order valence-corrected chi connectivity index (χ4v) is 1.08. The van der Waals surface area contributed by atoms with Gasteiger partial charge in [0.2, 0.25) is 0 Å². The van der Waals surface area contributed by atoms with Crippen molar-refractivity contribution in [2.75, 3.05) is 0 Å². The number of carbonyl (C=O) groups is 1. The van der Waals surface area contributed by atoms with Crippen LogP contribution in [0.5, 0.6) is 0 Å². The summed E-state index contributed by atoms with van der Waals surface area (Å²) in [5.74, 6) is 6.69. The molecule has 80 valence electrons. The molecule has 0 aliphatic heterocycles. The number of ketones is 1. The van der Waals surface area contributed by atoms with Gasteiger partial charge in [-0.2, -0.15) is 0 Å². The zero-order valence-corrected chi connectivity index (χ0v) is 9.68. The molecule has 0 aromatic carbocycles. The Morgan fingerprint density at radius 2 is 2.13 bits per heavy atom. The van der Waals surface area contributed by atoms with E-state index in [1.807, 2.05) is 27.7 Å². The van der Waals surface area contributed by atoms with Gasteiger partial charge in [-0.1, -0.05) is 11.8 Å². The third-order valence-corrected chi connectivity index (χ3v) is 1.76. The largest absolute Gasteiger partial charge is 0.469 e. The Hall–Kier alpha value is -1.49. The molecule has 2 heteroatoms. The van der Waals surface area contributed by atoms with Crippen LogP contribution in [0.15, 0.2) is 16.7 Å². The molecular formula is C13H16O2. The van der Waals surface area contributed by atoms with Gasteiger partial charge in [-0.15, -0.1) is 0 Å². The highest BCUT2D eigenvalue weighted by Gasteiger charge is 2.08. The summed E-state index contributed by atoms with van der Waals surface area (Å²) in [6.45, 7) is 7.88. The Kier molecular flexibility index (Phi) is 3.36. The molecule has 0 unspecified atom stereocenters. The van der Waals surface area contributed by atoms with Crippen molar-refractivity contribution < 1.29 is 9.21 Å². The van der Waals surface area contributed by atoms with Crippen LogP contribution >= 0.6 is 0 Å². The summed E-state index contributed by atoms with van der Waals surface area (Å²) in [5, 5.41) is 0. The highest BCUT2D eigenvalue weighted by molar-refractivity contribution is 5.97. The number of hydrogen-bond donors (Lipinski definition) is 0. The molecule has 0 aliphatic carbocycles. The van der Waals surface area contributed by atoms with Crippen molar-refractivity contribution in [1.82, 2.24) is 0 Å². The van der Waals surface area contributed by atoms with Crippen molar-refractivity contribution in [3.8, 4) is 11.8 Å². The predicted octanol–water partition coefficient (Wildman–Crippen LogP) is 3.21. The summed E-state index contributed by atoms with van der Waals surface area (Å²) in [5.41, 5.74) is 0.558. The fraction of sp³-hybridized carbons (Fsp3) is 0.462. The number of aryl methyl sites for hydroxylation is 1. The Morgan fingerprint density at radius 3 is 2.60 bits per heavy atom. The first kappa shape index (κ1) is 11.6. The van der Waals surface area contributed by atoms with Gasteiger partial charge in [0.1, 0.15) is 12.0 Å². The van der Waals surface area contributed by atoms with Gasteiger partial charge in [-0.05, 0) is 33.8 Å². The summed E-state index contributed by atoms with van der Waals surface area (Å²) in [6, 6.07) is 1.74. The molecule has 0 saturated carbocycles. The average Bonchev–Trinajstić information content (AvgIpc) is 2.49. The van der Waals surface area contributed by atoms with E-state index in [0.29, 0.717) is 5.56 Å². The molecule has 15 heavy (non-hydrogen) atoms. The van der Waals surface area contributed by atoms with Gasteiger partial charge in [0, 0.05) is 5.41 Å². The molecule has 0 radical (unpaired) electrons. The van der Waals surface area contributed by atoms with Crippen molar-refractivity contribution in [3.05, 3.63) is 23.7 Å². The lowest BCUT2D eigenvalue weighted by molar-refractivity contribution is 0.0997. The van der Waals surface area contributed by atoms with Crippen LogP contribution in [0.4, 0.5) is 0 Å². The van der Waals surface area contributed by atoms with Crippen LogP contribution in [-0.4, -0.2) is 5.78 Å². The monoisotopic (exact) mass is 204 g/mol. The lowest BCUT2D eigenvalue weighted by atomic mass is 9.97. The van der Waals surface area contributed by atoms with E-state index in [4.69, 9.17) is 4.42 Å². The highest BCUT2D eigenvalue weighted by Crippen LogP contribution is 2.11. The molecule has 1 aromatic rings. The number of carbonyl (C=O) groups excluding carboxylic acids is 1. The first-order valence-corrected chi connectivity index (χ1v) is 4.97. The first-order valence-electron chi connectivity index (χ1n) is 4.97. The average molecular weight is 204 g/mol. The van der Waals surface area contributed by atoms with Gasteiger partial charge in [-0.3, -0.25) is 4.79 Å². The highest BCUT2D eigenvalue weighted by atomic mass is 16.3. The number of furan rings is 1. The molecule has 0 amide bonds. The molecule has 2 nitrogen and oxygen atoms in total. The summed E-state index contributed by atoms with van der Waals surface area (Å²) in [6.07, 6.45) is 1.74. The normalized spacial score (nSPS) is 10.7. The van der Waals surface area contributed by atoms with Crippen LogP contribution in [0, 0.1) is 24.2 Å². The minimum atomic E-state index is -0.0490. The summed E-state index contributed by atoms with van der Waals surface area (Å²) < 4.78 is 5.06. The van der Waals surface area contributed by atoms with E-state index in [2.05, 4.69) is 11.8 Å². The van der Waals surface area contributed by atoms with Crippen LogP contribution in [0.3, 0.4) is 0 Å². The molecule has 0 N–H and O–H groups in total. The zero-order valence-electron chi connectivity index (χ0n) is 9.68. The molecule has 0 aliphatic rings. The van der Waals surface area contributed by atoms with Gasteiger partial charge < -0.3 is 4.42 Å². The molecule has 0 fully saturated rings. The summed E-state index contributed by atoms with van der Waals surface area (Å²) in [4.78, 5) is 11.6. The van der Waals surface area contributed by atoms with Crippen LogP contribution in [0.2, 0.25) is 0 Å². The van der Waals surface area contributed by atoms with Gasteiger partial charge in [-0.25, -0.2) is 0 Å². The Balaban J connectivity index is 2.60. The van der Waals surface area contributed by atoms with E-state index in [0.717, 1.165) is 5.76 Å². The second-order valence-corrected chi connectivity index (χ2v) is 4.60. The smallest absolute Gasteiger partial charge is 0.177 e. The molecule has 0 bridgehead atoms. The second-order valence-electron chi connectivity index (χ2n) is 4.60. The fourth-order valence-electron chi connectivity index (χ4n) is 1.08. The number of Topliss-reactive ketones (excluding diaryl/α,β-unsaturated/α-hetero) is 1. The maximum absolute atomic E-state index is 11.6. The van der Waals surface area contributed by atoms with E-state index in [-0.39, 0.29) is 17.6 Å². The summed E-state index contributed by atoms with van der Waals surface area (Å²) in [7, 11) is 0. The predicted molar refractivity (Wildman–Crippen MR) is 59.6 cm³/mol. The molecule has 1 aromatic heterocycles. The standard InChI is InChI=1S/C13H16O2/c1-10-8-11(9-15-10)12(14)6-5-7-13(2,3)4/h8-9H,6H2,1-4H3. The van der Waals surface area contributed by atoms with Gasteiger partial charge in [0.25, 0.3) is 0 Å². The first-order chi connectivity index (χ1) is 6.88. The van der Waals surface area contributed by atoms with Crippen LogP contribution < -0.4 is 0 Å². The molecular weight excluding hydrogens is 188 g/mol. The van der Waals surface area contributed by atoms with Crippen molar-refractivity contribution >= 4 is 5.78 Å². The topological polar surface area (TPSA) is 30.2 Å². The summed E-state index contributed by atoms with van der Waals surface area (Å²) >= 11 is 0. The quantitative estimate of drug-likeness (QED) is 0.547. The van der Waals surface area contributed by atoms with Gasteiger partial charge >= 0.3 is 0 Å². The Bertz CT molecular complexity index is 408. The zero-order chi connectivity index (χ0) is 11.5. The molecule has 0 spiro atoms. The Morgan fingerprint density at radius 1 is 1.47 bits per heavy atom. The van der Waals surface area contributed by atoms with Gasteiger partial charge in [0.05, 0.1) is 12.0 Å².